The molecule has 0 atom stereocenters. The first kappa shape index (κ1) is 15.2. The van der Waals surface area contributed by atoms with Crippen molar-refractivity contribution in [1.29, 1.82) is 0 Å². The Kier molecular flexibility index (Phi) is 4.28. The highest BCUT2D eigenvalue weighted by atomic mass is 19.1. The highest BCUT2D eigenvalue weighted by Gasteiger charge is 2.35. The second-order valence-electron chi connectivity index (χ2n) is 5.62. The third kappa shape index (κ3) is 3.06. The largest absolute Gasteiger partial charge is 0.467 e. The summed E-state index contributed by atoms with van der Waals surface area (Å²) >= 11 is 0. The molecule has 0 aromatic heterocycles. The number of nitrogens with two attached hydrogens (primary N) is 1. The molecule has 2 heterocycles. The quantitative estimate of drug-likeness (QED) is 0.863. The van der Waals surface area contributed by atoms with Crippen molar-refractivity contribution < 1.29 is 23.4 Å². The van der Waals surface area contributed by atoms with Gasteiger partial charge in [-0.3, -0.25) is 4.79 Å². The Hall–Kier alpha value is -1.70. The summed E-state index contributed by atoms with van der Waals surface area (Å²) in [6.07, 6.45) is 0.953. The minimum absolute atomic E-state index is 0.123. The van der Waals surface area contributed by atoms with Crippen LogP contribution in [0.1, 0.15) is 24.0 Å². The van der Waals surface area contributed by atoms with Crippen molar-refractivity contribution in [3.63, 3.8) is 0 Å². The third-order valence-corrected chi connectivity index (χ3v) is 4.03. The summed E-state index contributed by atoms with van der Waals surface area (Å²) in [6, 6.07) is 2.74. The van der Waals surface area contributed by atoms with Gasteiger partial charge in [0.25, 0.3) is 0 Å². The minimum atomic E-state index is -0.921. The van der Waals surface area contributed by atoms with Gasteiger partial charge in [-0.15, -0.1) is 0 Å². The molecule has 22 heavy (non-hydrogen) atoms. The molecule has 3 N–H and O–H groups in total. The van der Waals surface area contributed by atoms with Crippen molar-refractivity contribution in [2.75, 3.05) is 20.0 Å². The molecule has 6 nitrogen and oxygen atoms in total. The van der Waals surface area contributed by atoms with Crippen LogP contribution in [0.15, 0.2) is 12.1 Å². The number of hydrogen-bond donors (Lipinski definition) is 2. The number of hydrogen-bond acceptors (Lipinski definition) is 5. The molecule has 1 aromatic carbocycles. The van der Waals surface area contributed by atoms with Crippen LogP contribution in [-0.4, -0.2) is 31.5 Å². The predicted octanol–water partition coefficient (Wildman–Crippen LogP) is 0.816. The normalized spacial score (nSPS) is 19.9. The lowest BCUT2D eigenvalue weighted by Gasteiger charge is -2.32. The van der Waals surface area contributed by atoms with Crippen molar-refractivity contribution in [3.8, 4) is 5.75 Å². The van der Waals surface area contributed by atoms with E-state index in [1.165, 1.54) is 12.1 Å². The van der Waals surface area contributed by atoms with Crippen molar-refractivity contribution in [3.05, 3.63) is 29.1 Å². The van der Waals surface area contributed by atoms with Crippen LogP contribution in [0.2, 0.25) is 0 Å². The van der Waals surface area contributed by atoms with Gasteiger partial charge in [-0.1, -0.05) is 0 Å². The molecule has 3 rings (SSSR count). The summed E-state index contributed by atoms with van der Waals surface area (Å²) < 4.78 is 29.4. The van der Waals surface area contributed by atoms with Gasteiger partial charge in [0.05, 0.1) is 12.1 Å². The van der Waals surface area contributed by atoms with E-state index in [1.54, 1.807) is 0 Å². The highest BCUT2D eigenvalue weighted by molar-refractivity contribution is 5.86. The first-order valence-corrected chi connectivity index (χ1v) is 7.25. The monoisotopic (exact) mass is 310 g/mol. The van der Waals surface area contributed by atoms with Gasteiger partial charge < -0.3 is 25.3 Å². The fraction of sp³-hybridized carbons (Fsp3) is 0.533. The van der Waals surface area contributed by atoms with Crippen LogP contribution in [-0.2, 0) is 27.4 Å². The van der Waals surface area contributed by atoms with Gasteiger partial charge >= 0.3 is 0 Å². The van der Waals surface area contributed by atoms with Crippen LogP contribution in [0.3, 0.4) is 0 Å². The number of amides is 1. The van der Waals surface area contributed by atoms with E-state index in [9.17, 15) is 9.18 Å². The zero-order chi connectivity index (χ0) is 15.6. The summed E-state index contributed by atoms with van der Waals surface area (Å²) in [7, 11) is 0. The lowest BCUT2D eigenvalue weighted by atomic mass is 9.90. The van der Waals surface area contributed by atoms with Gasteiger partial charge in [0.15, 0.2) is 6.79 Å². The smallest absolute Gasteiger partial charge is 0.240 e. The van der Waals surface area contributed by atoms with Gasteiger partial charge in [0, 0.05) is 30.9 Å². The molecular weight excluding hydrogens is 291 g/mol. The first-order valence-electron chi connectivity index (χ1n) is 7.25. The lowest BCUT2D eigenvalue weighted by molar-refractivity contribution is -0.129. The predicted molar refractivity (Wildman–Crippen MR) is 75.5 cm³/mol. The number of halogens is 1. The Morgan fingerprint density at radius 3 is 2.86 bits per heavy atom. The van der Waals surface area contributed by atoms with Gasteiger partial charge in [0.2, 0.25) is 5.91 Å². The number of rotatable bonds is 3. The zero-order valence-corrected chi connectivity index (χ0v) is 12.2. The molecule has 0 bridgehead atoms. The minimum Gasteiger partial charge on any atom is -0.467 e. The van der Waals surface area contributed by atoms with E-state index < -0.39 is 5.54 Å². The topological polar surface area (TPSA) is 82.8 Å². The number of ether oxygens (including phenoxy) is 3. The Morgan fingerprint density at radius 1 is 1.32 bits per heavy atom. The van der Waals surface area contributed by atoms with Crippen LogP contribution in [0.25, 0.3) is 0 Å². The Morgan fingerprint density at radius 2 is 2.09 bits per heavy atom. The van der Waals surface area contributed by atoms with Gasteiger partial charge in [0.1, 0.15) is 11.6 Å². The lowest BCUT2D eigenvalue weighted by Crippen LogP contribution is -2.56. The molecule has 1 amide bonds. The fourth-order valence-corrected chi connectivity index (χ4v) is 2.70. The zero-order valence-electron chi connectivity index (χ0n) is 12.2. The molecule has 2 aliphatic heterocycles. The van der Waals surface area contributed by atoms with Crippen molar-refractivity contribution >= 4 is 5.91 Å². The molecule has 0 saturated carbocycles. The standard InChI is InChI=1S/C15H19FN2O4/c16-12-5-10(13-11(6-12)8-21-9-22-13)7-18-14(19)15(17)1-3-20-4-2-15/h5-6H,1-4,7-9,17H2,(H,18,19). The van der Waals surface area contributed by atoms with Crippen LogP contribution in [0.4, 0.5) is 4.39 Å². The molecule has 1 fully saturated rings. The molecule has 120 valence electrons. The maximum Gasteiger partial charge on any atom is 0.240 e. The van der Waals surface area contributed by atoms with Crippen molar-refractivity contribution in [1.82, 2.24) is 5.32 Å². The van der Waals surface area contributed by atoms with E-state index >= 15 is 0 Å². The number of carbonyl (C=O) groups is 1. The summed E-state index contributed by atoms with van der Waals surface area (Å²) in [5, 5.41) is 2.78. The maximum absolute atomic E-state index is 13.6. The highest BCUT2D eigenvalue weighted by Crippen LogP contribution is 2.29. The van der Waals surface area contributed by atoms with Gasteiger partial charge in [-0.2, -0.15) is 0 Å². The summed E-state index contributed by atoms with van der Waals surface area (Å²) in [6.45, 7) is 1.53. The molecule has 1 saturated heterocycles. The number of benzene rings is 1. The molecule has 0 unspecified atom stereocenters. The molecule has 2 aliphatic rings. The molecular formula is C15H19FN2O4. The third-order valence-electron chi connectivity index (χ3n) is 4.03. The van der Waals surface area contributed by atoms with Crippen molar-refractivity contribution in [2.45, 2.75) is 31.5 Å². The Balaban J connectivity index is 1.71. The molecule has 1 aromatic rings. The van der Waals surface area contributed by atoms with Crippen LogP contribution >= 0.6 is 0 Å². The van der Waals surface area contributed by atoms with Crippen LogP contribution < -0.4 is 15.8 Å². The van der Waals surface area contributed by atoms with Crippen LogP contribution in [0, 0.1) is 5.82 Å². The number of fused-ring (bicyclic) bond motifs is 1. The summed E-state index contributed by atoms with van der Waals surface area (Å²) in [5.74, 6) is -0.0579. The molecule has 0 aliphatic carbocycles. The second-order valence-corrected chi connectivity index (χ2v) is 5.62. The average molecular weight is 310 g/mol. The van der Waals surface area contributed by atoms with Gasteiger partial charge in [-0.05, 0) is 25.0 Å². The molecule has 7 heteroatoms. The van der Waals surface area contributed by atoms with E-state index in [0.717, 1.165) is 0 Å². The SMILES string of the molecule is NC1(C(=O)NCc2cc(F)cc3c2OCOC3)CCOCC1. The second kappa shape index (κ2) is 6.20. The van der Waals surface area contributed by atoms with Crippen LogP contribution in [0.5, 0.6) is 5.75 Å². The van der Waals surface area contributed by atoms with Crippen molar-refractivity contribution in [2.24, 2.45) is 5.73 Å². The number of carbonyl (C=O) groups excluding carboxylic acids is 1. The Bertz CT molecular complexity index is 573. The van der Waals surface area contributed by atoms with E-state index in [-0.39, 0.29) is 25.1 Å². The van der Waals surface area contributed by atoms with Gasteiger partial charge in [-0.25, -0.2) is 4.39 Å². The van der Waals surface area contributed by atoms with E-state index in [4.69, 9.17) is 19.9 Å². The van der Waals surface area contributed by atoms with E-state index in [0.29, 0.717) is 49.5 Å². The van der Waals surface area contributed by atoms with E-state index in [2.05, 4.69) is 5.32 Å². The first-order chi connectivity index (χ1) is 10.6. The molecule has 0 radical (unpaired) electrons. The average Bonchev–Trinajstić information content (AvgIpc) is 2.52. The maximum atomic E-state index is 13.6. The number of nitrogens with one attached hydrogen (secondary N) is 1. The molecule has 0 spiro atoms. The Labute approximate surface area is 127 Å². The summed E-state index contributed by atoms with van der Waals surface area (Å²) in [5.41, 5.74) is 6.42. The summed E-state index contributed by atoms with van der Waals surface area (Å²) in [4.78, 5) is 12.3. The fourth-order valence-electron chi connectivity index (χ4n) is 2.70. The van der Waals surface area contributed by atoms with E-state index in [1.807, 2.05) is 0 Å².